The molecule has 3 N–H and O–H groups in total. The SMILES string of the molecule is [3H][I-]SC(=O)[C@H](C)OC(=O)[C@H](CCC(=O)O)NC(=O)[C@H](C)O. The Labute approximate surface area is 138 Å². The second-order valence-corrected chi connectivity index (χ2v) is 6.02. The van der Waals surface area contributed by atoms with Gasteiger partial charge in [0.05, 0.1) is 0 Å². The first-order valence-electron chi connectivity index (χ1n) is 6.30. The summed E-state index contributed by atoms with van der Waals surface area (Å²) in [6.45, 7) is 2.52. The van der Waals surface area contributed by atoms with E-state index < -0.39 is 68.6 Å². The number of amides is 1. The van der Waals surface area contributed by atoms with E-state index in [4.69, 9.17) is 15.5 Å². The molecule has 3 atom stereocenters. The van der Waals surface area contributed by atoms with E-state index in [2.05, 4.69) is 5.32 Å². The summed E-state index contributed by atoms with van der Waals surface area (Å²) in [5, 5.41) is 19.4. The van der Waals surface area contributed by atoms with Gasteiger partial charge in [0.25, 0.3) is 0 Å². The zero-order valence-corrected chi connectivity index (χ0v) is 14.3. The van der Waals surface area contributed by atoms with Gasteiger partial charge in [-0.25, -0.2) is 0 Å². The molecule has 0 saturated carbocycles. The quantitative estimate of drug-likeness (QED) is 0.247. The van der Waals surface area contributed by atoms with Gasteiger partial charge in [0.1, 0.15) is 0 Å². The predicted molar refractivity (Wildman–Crippen MR) is 70.0 cm³/mol. The van der Waals surface area contributed by atoms with Crippen LogP contribution in [-0.4, -0.2) is 52.0 Å². The van der Waals surface area contributed by atoms with Gasteiger partial charge in [-0.1, -0.05) is 0 Å². The summed E-state index contributed by atoms with van der Waals surface area (Å²) in [4.78, 5) is 45.4. The van der Waals surface area contributed by atoms with Crippen molar-refractivity contribution in [2.24, 2.45) is 0 Å². The number of rotatable bonds is 9. The average Bonchev–Trinajstić information content (AvgIpc) is 2.42. The van der Waals surface area contributed by atoms with Crippen LogP contribution in [0, 0.1) is 0 Å². The van der Waals surface area contributed by atoms with Gasteiger partial charge in [0, 0.05) is 0 Å². The molecule has 8 nitrogen and oxygen atoms in total. The first-order chi connectivity index (χ1) is 10.2. The molecule has 1 amide bonds. The van der Waals surface area contributed by atoms with Crippen LogP contribution in [0.1, 0.15) is 26.7 Å². The van der Waals surface area contributed by atoms with Crippen LogP contribution in [-0.2, 0) is 23.9 Å². The molecule has 0 aliphatic rings. The number of halogens is 1. The normalized spacial score (nSPS) is 15.5. The molecule has 0 radical (unpaired) electrons. The standard InChI is InChI=1S/C11H17INO7S/c1-5(14)9(17)13-7(3-4-8(15)16)10(18)20-6(2)11(19)21-12/h5-7,12,14H,3-4H2,1-2H3,(H,13,17)(H,15,16)/q-1/t5-,6-,7-/m0/s1/i12T. The third kappa shape index (κ3) is 8.21. The van der Waals surface area contributed by atoms with Gasteiger partial charge in [-0.05, 0) is 0 Å². The summed E-state index contributed by atoms with van der Waals surface area (Å²) in [5.41, 5.74) is 0. The van der Waals surface area contributed by atoms with E-state index in [0.717, 1.165) is 8.93 Å². The summed E-state index contributed by atoms with van der Waals surface area (Å²) < 4.78 is 11.9. The molecule has 0 rings (SSSR count). The molecule has 0 unspecified atom stereocenters. The van der Waals surface area contributed by atoms with E-state index >= 15 is 0 Å². The van der Waals surface area contributed by atoms with E-state index in [1.165, 1.54) is 13.8 Å². The predicted octanol–water partition coefficient (Wildman–Crippen LogP) is -3.89. The number of aliphatic hydroxyl groups is 1. The van der Waals surface area contributed by atoms with Crippen molar-refractivity contribution in [3.63, 3.8) is 0 Å². The fourth-order valence-electron chi connectivity index (χ4n) is 1.18. The van der Waals surface area contributed by atoms with Gasteiger partial charge in [-0.3, -0.25) is 0 Å². The number of carbonyl (C=O) groups excluding carboxylic acids is 3. The van der Waals surface area contributed by atoms with Crippen molar-refractivity contribution >= 4 is 31.9 Å². The van der Waals surface area contributed by atoms with Crippen LogP contribution in [0.3, 0.4) is 0 Å². The Bertz CT molecular complexity index is 435. The molecule has 0 spiro atoms. The number of carbonyl (C=O) groups is 4. The molecular formula is C11H17INO7S-. The molecule has 0 saturated heterocycles. The van der Waals surface area contributed by atoms with Crippen molar-refractivity contribution in [2.45, 2.75) is 44.9 Å². The van der Waals surface area contributed by atoms with Crippen molar-refractivity contribution in [2.75, 3.05) is 0 Å². The molecule has 0 aromatic heterocycles. The zero-order valence-electron chi connectivity index (χ0n) is 12.4. The van der Waals surface area contributed by atoms with Crippen LogP contribution in [0.2, 0.25) is 0 Å². The van der Waals surface area contributed by atoms with Gasteiger partial charge in [-0.2, -0.15) is 0 Å². The van der Waals surface area contributed by atoms with E-state index in [0.29, 0.717) is 0 Å². The monoisotopic (exact) mass is 436 g/mol. The number of esters is 1. The summed E-state index contributed by atoms with van der Waals surface area (Å²) in [7, 11) is 0.769. The molecule has 0 aromatic rings. The molecule has 122 valence electrons. The van der Waals surface area contributed by atoms with E-state index in [9.17, 15) is 19.2 Å². The number of aliphatic hydroxyl groups excluding tert-OH is 1. The Balaban J connectivity index is 4.76. The third-order valence-electron chi connectivity index (χ3n) is 2.33. The minimum absolute atomic E-state index is 0.230. The van der Waals surface area contributed by atoms with Crippen molar-refractivity contribution in [1.29, 1.82) is 0.594 Å². The van der Waals surface area contributed by atoms with Crippen LogP contribution in [0.25, 0.3) is 0 Å². The van der Waals surface area contributed by atoms with Crippen LogP contribution >= 0.6 is 8.93 Å². The van der Waals surface area contributed by atoms with Crippen LogP contribution in [0.4, 0.5) is 0 Å². The van der Waals surface area contributed by atoms with Crippen molar-refractivity contribution in [1.82, 2.24) is 5.32 Å². The Morgan fingerprint density at radius 1 is 1.38 bits per heavy atom. The Kier molecular flexibility index (Phi) is 8.61. The van der Waals surface area contributed by atoms with Crippen LogP contribution in [0.5, 0.6) is 0 Å². The second kappa shape index (κ2) is 9.95. The second-order valence-electron chi connectivity index (χ2n) is 4.14. The average molecular weight is 436 g/mol. The van der Waals surface area contributed by atoms with E-state index in [1.54, 1.807) is 0 Å². The summed E-state index contributed by atoms with van der Waals surface area (Å²) >= 11 is -1.10. The van der Waals surface area contributed by atoms with Gasteiger partial charge in [-0.15, -0.1) is 0 Å². The Hall–Kier alpha value is -0.880. The maximum absolute atomic E-state index is 11.9. The van der Waals surface area contributed by atoms with Crippen molar-refractivity contribution in [3.8, 4) is 0 Å². The molecule has 0 aromatic carbocycles. The molecular weight excluding hydrogens is 417 g/mol. The minimum atomic E-state index is -1.37. The molecule has 0 heterocycles. The first-order valence-corrected chi connectivity index (χ1v) is 9.28. The molecule has 0 fully saturated rings. The van der Waals surface area contributed by atoms with Gasteiger partial charge in [0.15, 0.2) is 0 Å². The van der Waals surface area contributed by atoms with Crippen LogP contribution < -0.4 is 26.3 Å². The third-order valence-corrected chi connectivity index (χ3v) is 4.11. The van der Waals surface area contributed by atoms with Gasteiger partial charge < -0.3 is 0 Å². The first kappa shape index (κ1) is 18.2. The van der Waals surface area contributed by atoms with Gasteiger partial charge >= 0.3 is 138 Å². The maximum atomic E-state index is 11.9. The van der Waals surface area contributed by atoms with E-state index in [1.807, 2.05) is 0 Å². The van der Waals surface area contributed by atoms with Crippen LogP contribution in [0.15, 0.2) is 0 Å². The topological polar surface area (TPSA) is 130 Å². The fourth-order valence-corrected chi connectivity index (χ4v) is 2.42. The van der Waals surface area contributed by atoms with Crippen molar-refractivity contribution < 1.29 is 55.1 Å². The molecule has 0 aliphatic heterocycles. The number of carboxylic acid groups (broad SMARTS) is 1. The van der Waals surface area contributed by atoms with E-state index in [-0.39, 0.29) is 6.42 Å². The Morgan fingerprint density at radius 3 is 2.48 bits per heavy atom. The number of hydrogen-bond donors (Lipinski definition) is 3. The molecule has 21 heavy (non-hydrogen) atoms. The zero-order chi connectivity index (χ0) is 17.3. The molecule has 10 heteroatoms. The summed E-state index contributed by atoms with van der Waals surface area (Å²) in [6, 6.07) is -1.27. The summed E-state index contributed by atoms with van der Waals surface area (Å²) in [5.74, 6) is -2.97. The molecule has 0 bridgehead atoms. The molecule has 0 aliphatic carbocycles. The fraction of sp³-hybridized carbons (Fsp3) is 0.636. The summed E-state index contributed by atoms with van der Waals surface area (Å²) in [6.07, 6.45) is -3.09. The Morgan fingerprint density at radius 2 is 2.00 bits per heavy atom. The number of carboxylic acids is 1. The van der Waals surface area contributed by atoms with Gasteiger partial charge in [0.2, 0.25) is 0 Å². The number of ether oxygens (including phenoxy) is 1. The number of hydrogen-bond acceptors (Lipinski definition) is 7. The van der Waals surface area contributed by atoms with Crippen molar-refractivity contribution in [3.05, 3.63) is 0 Å². The number of aliphatic carboxylic acids is 1. The number of nitrogens with one attached hydrogen (secondary N) is 1.